The maximum atomic E-state index is 10.9. The Morgan fingerprint density at radius 1 is 1.47 bits per heavy atom. The van der Waals surface area contributed by atoms with Crippen LogP contribution in [0.25, 0.3) is 0 Å². The fourth-order valence-electron chi connectivity index (χ4n) is 1.20. The average Bonchev–Trinajstić information content (AvgIpc) is 2.48. The maximum Gasteiger partial charge on any atom is 0.271 e. The number of primary sulfonamides is 1. The summed E-state index contributed by atoms with van der Waals surface area (Å²) in [6, 6.07) is 3.27. The summed E-state index contributed by atoms with van der Waals surface area (Å²) < 4.78 is 31.8. The van der Waals surface area contributed by atoms with Crippen LogP contribution in [0, 0.1) is 0 Å². The van der Waals surface area contributed by atoms with E-state index in [1.165, 1.54) is 6.07 Å². The second-order valence-electron chi connectivity index (χ2n) is 3.38. The molecule has 0 saturated carbocycles. The van der Waals surface area contributed by atoms with E-state index < -0.39 is 10.0 Å². The van der Waals surface area contributed by atoms with E-state index in [0.717, 1.165) is 0 Å². The molecule has 2 rings (SSSR count). The van der Waals surface area contributed by atoms with E-state index >= 15 is 0 Å². The summed E-state index contributed by atoms with van der Waals surface area (Å²) in [6.07, 6.45) is 0. The van der Waals surface area contributed by atoms with Gasteiger partial charge >= 0.3 is 0 Å². The molecule has 84 valence electrons. The highest BCUT2D eigenvalue weighted by Gasteiger charge is 2.18. The molecular weight excluding hydrogens is 220 g/mol. The number of nitrogens with one attached hydrogen (secondary N) is 1. The van der Waals surface area contributed by atoms with Crippen LogP contribution in [0.4, 0.5) is 0 Å². The second kappa shape index (κ2) is 3.93. The molecule has 0 aromatic carbocycles. The Kier molecular flexibility index (Phi) is 2.79. The first-order valence-corrected chi connectivity index (χ1v) is 6.03. The Bertz CT molecular complexity index is 435. The Morgan fingerprint density at radius 3 is 2.67 bits per heavy atom. The largest absolute Gasteiger partial charge is 0.447 e. The van der Waals surface area contributed by atoms with Gasteiger partial charge in [0.1, 0.15) is 5.76 Å². The molecule has 0 bridgehead atoms. The highest BCUT2D eigenvalue weighted by molar-refractivity contribution is 7.89. The van der Waals surface area contributed by atoms with Gasteiger partial charge in [-0.2, -0.15) is 0 Å². The lowest BCUT2D eigenvalue weighted by molar-refractivity contribution is -0.00652. The average molecular weight is 232 g/mol. The van der Waals surface area contributed by atoms with Gasteiger partial charge < -0.3 is 14.5 Å². The maximum absolute atomic E-state index is 10.9. The molecule has 1 fully saturated rings. The summed E-state index contributed by atoms with van der Waals surface area (Å²) in [5.74, 6) is 0.547. The summed E-state index contributed by atoms with van der Waals surface area (Å²) in [5, 5.41) is 7.84. The normalized spacial score (nSPS) is 17.7. The van der Waals surface area contributed by atoms with Crippen molar-refractivity contribution in [1.82, 2.24) is 5.32 Å². The Morgan fingerprint density at radius 2 is 2.20 bits per heavy atom. The number of ether oxygens (including phenoxy) is 1. The van der Waals surface area contributed by atoms with Gasteiger partial charge in [0.05, 0.1) is 25.8 Å². The number of rotatable bonds is 4. The van der Waals surface area contributed by atoms with E-state index in [-0.39, 0.29) is 5.09 Å². The summed E-state index contributed by atoms with van der Waals surface area (Å²) in [6.45, 7) is 1.84. The van der Waals surface area contributed by atoms with Crippen LogP contribution in [0.2, 0.25) is 0 Å². The van der Waals surface area contributed by atoms with E-state index in [2.05, 4.69) is 5.32 Å². The molecule has 2 heterocycles. The Labute approximate surface area is 87.4 Å². The minimum atomic E-state index is -3.73. The third-order valence-electron chi connectivity index (χ3n) is 2.12. The van der Waals surface area contributed by atoms with Crippen LogP contribution in [0.15, 0.2) is 21.6 Å². The van der Waals surface area contributed by atoms with E-state index in [1.54, 1.807) is 6.07 Å². The molecule has 3 N–H and O–H groups in total. The lowest BCUT2D eigenvalue weighted by Crippen LogP contribution is -2.45. The molecule has 1 saturated heterocycles. The molecule has 0 atom stereocenters. The van der Waals surface area contributed by atoms with Crippen molar-refractivity contribution in [3.8, 4) is 0 Å². The second-order valence-corrected chi connectivity index (χ2v) is 4.87. The minimum Gasteiger partial charge on any atom is -0.447 e. The van der Waals surface area contributed by atoms with Crippen molar-refractivity contribution in [2.45, 2.75) is 17.7 Å². The molecule has 0 spiro atoms. The van der Waals surface area contributed by atoms with Crippen molar-refractivity contribution in [2.24, 2.45) is 5.14 Å². The van der Waals surface area contributed by atoms with Gasteiger partial charge in [0.15, 0.2) is 0 Å². The summed E-state index contributed by atoms with van der Waals surface area (Å²) >= 11 is 0. The molecule has 15 heavy (non-hydrogen) atoms. The number of hydrogen-bond donors (Lipinski definition) is 2. The van der Waals surface area contributed by atoms with E-state index in [9.17, 15) is 8.42 Å². The Balaban J connectivity index is 1.95. The summed E-state index contributed by atoms with van der Waals surface area (Å²) in [5.41, 5.74) is 0. The van der Waals surface area contributed by atoms with Crippen LogP contribution >= 0.6 is 0 Å². The first kappa shape index (κ1) is 10.6. The van der Waals surface area contributed by atoms with E-state index in [1.807, 2.05) is 0 Å². The molecule has 0 unspecified atom stereocenters. The van der Waals surface area contributed by atoms with Gasteiger partial charge in [-0.25, -0.2) is 13.6 Å². The van der Waals surface area contributed by atoms with Crippen molar-refractivity contribution < 1.29 is 17.6 Å². The van der Waals surface area contributed by atoms with E-state index in [4.69, 9.17) is 14.3 Å². The van der Waals surface area contributed by atoms with Crippen LogP contribution in [0.5, 0.6) is 0 Å². The molecule has 1 aromatic rings. The van der Waals surface area contributed by atoms with Crippen molar-refractivity contribution in [3.05, 3.63) is 17.9 Å². The molecule has 1 aliphatic rings. The van der Waals surface area contributed by atoms with Crippen molar-refractivity contribution in [2.75, 3.05) is 13.2 Å². The molecule has 6 nitrogen and oxygen atoms in total. The zero-order valence-electron chi connectivity index (χ0n) is 7.97. The first-order valence-electron chi connectivity index (χ1n) is 4.48. The van der Waals surface area contributed by atoms with Crippen molar-refractivity contribution in [1.29, 1.82) is 0 Å². The van der Waals surface area contributed by atoms with Crippen molar-refractivity contribution in [3.63, 3.8) is 0 Å². The highest BCUT2D eigenvalue weighted by atomic mass is 32.2. The predicted octanol–water partition coefficient (Wildman–Crippen LogP) is -0.585. The monoisotopic (exact) mass is 232 g/mol. The number of nitrogens with two attached hydrogens (primary N) is 1. The zero-order valence-corrected chi connectivity index (χ0v) is 8.79. The Hall–Kier alpha value is -0.890. The molecule has 0 amide bonds. The zero-order chi connectivity index (χ0) is 10.9. The topological polar surface area (TPSA) is 94.6 Å². The summed E-state index contributed by atoms with van der Waals surface area (Å²) in [4.78, 5) is 0. The standard InChI is InChI=1S/C8H12N2O4S/c9-15(11,12)8-2-1-7(14-8)3-10-6-4-13-5-6/h1-2,6,10H,3-5H2,(H2,9,11,12). The van der Waals surface area contributed by atoms with Gasteiger partial charge in [-0.3, -0.25) is 0 Å². The van der Waals surface area contributed by atoms with Crippen LogP contribution in [-0.4, -0.2) is 27.7 Å². The highest BCUT2D eigenvalue weighted by Crippen LogP contribution is 2.12. The van der Waals surface area contributed by atoms with Gasteiger partial charge in [0, 0.05) is 0 Å². The fraction of sp³-hybridized carbons (Fsp3) is 0.500. The van der Waals surface area contributed by atoms with E-state index in [0.29, 0.717) is 31.6 Å². The molecule has 1 aromatic heterocycles. The first-order chi connectivity index (χ1) is 7.05. The lowest BCUT2D eigenvalue weighted by Gasteiger charge is -2.26. The third kappa shape index (κ3) is 2.57. The SMILES string of the molecule is NS(=O)(=O)c1ccc(CNC2COC2)o1. The van der Waals surface area contributed by atoms with Crippen molar-refractivity contribution >= 4 is 10.0 Å². The van der Waals surface area contributed by atoms with Crippen LogP contribution in [0.1, 0.15) is 5.76 Å². The quantitative estimate of drug-likeness (QED) is 0.724. The molecule has 0 radical (unpaired) electrons. The predicted molar refractivity (Wildman–Crippen MR) is 51.5 cm³/mol. The van der Waals surface area contributed by atoms with Gasteiger partial charge in [0.25, 0.3) is 10.0 Å². The molecule has 7 heteroatoms. The van der Waals surface area contributed by atoms with Gasteiger partial charge in [-0.15, -0.1) is 0 Å². The van der Waals surface area contributed by atoms with Crippen LogP contribution in [-0.2, 0) is 21.3 Å². The molecule has 0 aliphatic carbocycles. The number of sulfonamides is 1. The van der Waals surface area contributed by atoms with Crippen LogP contribution < -0.4 is 10.5 Å². The lowest BCUT2D eigenvalue weighted by atomic mass is 10.2. The smallest absolute Gasteiger partial charge is 0.271 e. The van der Waals surface area contributed by atoms with Gasteiger partial charge in [-0.1, -0.05) is 0 Å². The number of furan rings is 1. The van der Waals surface area contributed by atoms with Gasteiger partial charge in [-0.05, 0) is 12.1 Å². The summed E-state index contributed by atoms with van der Waals surface area (Å²) in [7, 11) is -3.73. The van der Waals surface area contributed by atoms with Crippen LogP contribution in [0.3, 0.4) is 0 Å². The molecular formula is C8H12N2O4S. The fourth-order valence-corrected chi connectivity index (χ4v) is 1.69. The minimum absolute atomic E-state index is 0.204. The number of hydrogen-bond acceptors (Lipinski definition) is 5. The third-order valence-corrected chi connectivity index (χ3v) is 2.90. The molecule has 1 aliphatic heterocycles. The van der Waals surface area contributed by atoms with Gasteiger partial charge in [0.2, 0.25) is 5.09 Å².